The van der Waals surface area contributed by atoms with E-state index in [0.29, 0.717) is 5.39 Å². The molecule has 1 saturated heterocycles. The van der Waals surface area contributed by atoms with Gasteiger partial charge in [0.1, 0.15) is 0 Å². The molecule has 0 unspecified atom stereocenters. The van der Waals surface area contributed by atoms with E-state index in [1.165, 1.54) is 25.7 Å². The summed E-state index contributed by atoms with van der Waals surface area (Å²) in [6.07, 6.45) is 5.41. The number of hydrogen-bond donors (Lipinski definition) is 1. The van der Waals surface area contributed by atoms with Crippen molar-refractivity contribution in [2.24, 2.45) is 5.92 Å². The van der Waals surface area contributed by atoms with Gasteiger partial charge in [0.25, 0.3) is 5.56 Å². The first-order chi connectivity index (χ1) is 11.7. The van der Waals surface area contributed by atoms with Crippen molar-refractivity contribution in [2.45, 2.75) is 38.6 Å². The molecule has 5 heteroatoms. The fourth-order valence-corrected chi connectivity index (χ4v) is 4.13. The molecule has 0 radical (unpaired) electrons. The summed E-state index contributed by atoms with van der Waals surface area (Å²) in [7, 11) is 0. The van der Waals surface area contributed by atoms with Crippen molar-refractivity contribution in [3.05, 3.63) is 34.6 Å². The first-order valence-corrected chi connectivity index (χ1v) is 9.19. The molecule has 2 aromatic rings. The van der Waals surface area contributed by atoms with E-state index >= 15 is 0 Å². The van der Waals surface area contributed by atoms with Gasteiger partial charge in [-0.3, -0.25) is 14.7 Å². The van der Waals surface area contributed by atoms with Crippen LogP contribution in [-0.2, 0) is 0 Å². The van der Waals surface area contributed by atoms with E-state index in [4.69, 9.17) is 0 Å². The zero-order chi connectivity index (χ0) is 16.5. The minimum Gasteiger partial charge on any atom is -0.340 e. The molecule has 128 valence electrons. The van der Waals surface area contributed by atoms with Gasteiger partial charge in [0.15, 0.2) is 0 Å². The molecule has 0 bridgehead atoms. The monoisotopic (exact) mass is 326 g/mol. The number of anilines is 1. The lowest BCUT2D eigenvalue weighted by Gasteiger charge is -2.41. The van der Waals surface area contributed by atoms with Crippen LogP contribution in [0.5, 0.6) is 0 Å². The van der Waals surface area contributed by atoms with Gasteiger partial charge in [-0.15, -0.1) is 0 Å². The third-order valence-electron chi connectivity index (χ3n) is 5.72. The van der Waals surface area contributed by atoms with Gasteiger partial charge in [0.05, 0.1) is 10.9 Å². The molecule has 1 aliphatic carbocycles. The zero-order valence-corrected chi connectivity index (χ0v) is 14.4. The second kappa shape index (κ2) is 6.55. The molecule has 24 heavy (non-hydrogen) atoms. The Morgan fingerprint density at radius 3 is 2.50 bits per heavy atom. The molecule has 1 saturated carbocycles. The number of rotatable bonds is 2. The van der Waals surface area contributed by atoms with Gasteiger partial charge in [-0.1, -0.05) is 19.1 Å². The number of para-hydroxylation sites is 1. The molecule has 1 N–H and O–H groups in total. The van der Waals surface area contributed by atoms with Gasteiger partial charge < -0.3 is 4.90 Å². The van der Waals surface area contributed by atoms with Gasteiger partial charge >= 0.3 is 0 Å². The van der Waals surface area contributed by atoms with Crippen LogP contribution in [0.1, 0.15) is 32.6 Å². The molecule has 2 aliphatic rings. The molecule has 1 aromatic heterocycles. The Balaban J connectivity index is 1.45. The molecular formula is C19H26N4O. The van der Waals surface area contributed by atoms with Crippen molar-refractivity contribution in [1.82, 2.24) is 14.9 Å². The van der Waals surface area contributed by atoms with Crippen molar-refractivity contribution in [1.29, 1.82) is 0 Å². The number of benzene rings is 1. The number of nitrogens with one attached hydrogen (secondary N) is 1. The lowest BCUT2D eigenvalue weighted by Crippen LogP contribution is -2.51. The highest BCUT2D eigenvalue weighted by Gasteiger charge is 2.27. The number of nitrogens with zero attached hydrogens (tertiary/aromatic N) is 3. The fourth-order valence-electron chi connectivity index (χ4n) is 4.13. The van der Waals surface area contributed by atoms with Gasteiger partial charge in [-0.2, -0.15) is 0 Å². The molecule has 2 fully saturated rings. The van der Waals surface area contributed by atoms with Crippen LogP contribution in [0.3, 0.4) is 0 Å². The van der Waals surface area contributed by atoms with Gasteiger partial charge in [0, 0.05) is 32.2 Å². The van der Waals surface area contributed by atoms with E-state index in [9.17, 15) is 4.79 Å². The van der Waals surface area contributed by atoms with Crippen LogP contribution < -0.4 is 10.5 Å². The Hall–Kier alpha value is -1.88. The zero-order valence-electron chi connectivity index (χ0n) is 14.4. The highest BCUT2D eigenvalue weighted by molar-refractivity contribution is 5.78. The summed E-state index contributed by atoms with van der Waals surface area (Å²) in [5.41, 5.74) is 0.735. The van der Waals surface area contributed by atoms with Crippen molar-refractivity contribution in [3.63, 3.8) is 0 Å². The topological polar surface area (TPSA) is 52.2 Å². The van der Waals surface area contributed by atoms with Crippen molar-refractivity contribution >= 4 is 16.9 Å². The van der Waals surface area contributed by atoms with Gasteiger partial charge in [-0.05, 0) is 43.7 Å². The van der Waals surface area contributed by atoms with Crippen molar-refractivity contribution in [3.8, 4) is 0 Å². The Bertz CT molecular complexity index is 755. The van der Waals surface area contributed by atoms with E-state index in [0.717, 1.165) is 49.6 Å². The maximum absolute atomic E-state index is 12.3. The molecule has 4 rings (SSSR count). The smallest absolute Gasteiger partial charge is 0.260 e. The molecule has 1 aromatic carbocycles. The van der Waals surface area contributed by atoms with Crippen LogP contribution in [0, 0.1) is 5.92 Å². The highest BCUT2D eigenvalue weighted by atomic mass is 16.1. The van der Waals surface area contributed by atoms with E-state index in [2.05, 4.69) is 26.7 Å². The lowest BCUT2D eigenvalue weighted by molar-refractivity contribution is 0.132. The van der Waals surface area contributed by atoms with Crippen LogP contribution in [0.25, 0.3) is 10.9 Å². The van der Waals surface area contributed by atoms with E-state index in [1.807, 2.05) is 24.3 Å². The lowest BCUT2D eigenvalue weighted by atomic mass is 9.86. The third-order valence-corrected chi connectivity index (χ3v) is 5.72. The Morgan fingerprint density at radius 1 is 1.04 bits per heavy atom. The molecule has 0 atom stereocenters. The Kier molecular flexibility index (Phi) is 4.27. The predicted molar refractivity (Wildman–Crippen MR) is 97.6 cm³/mol. The molecular weight excluding hydrogens is 300 g/mol. The summed E-state index contributed by atoms with van der Waals surface area (Å²) in [4.78, 5) is 24.7. The number of aromatic amines is 1. The number of piperazine rings is 1. The van der Waals surface area contributed by atoms with Gasteiger partial charge in [-0.25, -0.2) is 4.98 Å². The summed E-state index contributed by atoms with van der Waals surface area (Å²) < 4.78 is 0. The Morgan fingerprint density at radius 2 is 1.75 bits per heavy atom. The van der Waals surface area contributed by atoms with E-state index in [1.54, 1.807) is 0 Å². The third kappa shape index (κ3) is 3.05. The van der Waals surface area contributed by atoms with Crippen LogP contribution in [-0.4, -0.2) is 47.1 Å². The normalized spacial score (nSPS) is 26.0. The first kappa shape index (κ1) is 15.6. The summed E-state index contributed by atoms with van der Waals surface area (Å²) in [6, 6.07) is 8.30. The molecule has 0 amide bonds. The van der Waals surface area contributed by atoms with E-state index < -0.39 is 0 Å². The van der Waals surface area contributed by atoms with Gasteiger partial charge in [0.2, 0.25) is 5.95 Å². The predicted octanol–water partition coefficient (Wildman–Crippen LogP) is 2.62. The van der Waals surface area contributed by atoms with Crippen molar-refractivity contribution in [2.75, 3.05) is 31.1 Å². The number of aromatic nitrogens is 2. The fraction of sp³-hybridized carbons (Fsp3) is 0.579. The van der Waals surface area contributed by atoms with Crippen LogP contribution >= 0.6 is 0 Å². The first-order valence-electron chi connectivity index (χ1n) is 9.19. The summed E-state index contributed by atoms with van der Waals surface area (Å²) in [5, 5.41) is 0.663. The largest absolute Gasteiger partial charge is 0.340 e. The van der Waals surface area contributed by atoms with Crippen LogP contribution in [0.15, 0.2) is 29.1 Å². The summed E-state index contributed by atoms with van der Waals surface area (Å²) in [6.45, 7) is 6.38. The molecule has 5 nitrogen and oxygen atoms in total. The second-order valence-electron chi connectivity index (χ2n) is 7.34. The molecule has 1 aliphatic heterocycles. The number of fused-ring (bicyclic) bond motifs is 1. The second-order valence-corrected chi connectivity index (χ2v) is 7.34. The van der Waals surface area contributed by atoms with Crippen molar-refractivity contribution < 1.29 is 0 Å². The maximum Gasteiger partial charge on any atom is 0.260 e. The molecule has 2 heterocycles. The van der Waals surface area contributed by atoms with Crippen LogP contribution in [0.2, 0.25) is 0 Å². The summed E-state index contributed by atoms with van der Waals surface area (Å²) >= 11 is 0. The van der Waals surface area contributed by atoms with E-state index in [-0.39, 0.29) is 5.56 Å². The standard InChI is InChI=1S/C19H26N4O/c1-14-6-8-15(9-7-14)22-10-12-23(13-11-22)19-20-17-5-3-2-4-16(17)18(24)21-19/h2-5,14-15H,6-13H2,1H3,(H,20,21,24). The molecule has 0 spiro atoms. The SMILES string of the molecule is CC1CCC(N2CCN(c3nc4ccccc4c(=O)[nH]3)CC2)CC1. The quantitative estimate of drug-likeness (QED) is 0.922. The Labute approximate surface area is 142 Å². The average Bonchev–Trinajstić information content (AvgIpc) is 2.62. The number of H-pyrrole nitrogens is 1. The minimum atomic E-state index is -0.0423. The number of hydrogen-bond acceptors (Lipinski definition) is 4. The van der Waals surface area contributed by atoms with Crippen LogP contribution in [0.4, 0.5) is 5.95 Å². The minimum absolute atomic E-state index is 0.0423. The maximum atomic E-state index is 12.3. The average molecular weight is 326 g/mol. The highest BCUT2D eigenvalue weighted by Crippen LogP contribution is 2.28. The summed E-state index contributed by atoms with van der Waals surface area (Å²) in [5.74, 6) is 1.62.